The Hall–Kier alpha value is -1.10. The Labute approximate surface area is 66.7 Å². The van der Waals surface area contributed by atoms with E-state index >= 15 is 0 Å². The Morgan fingerprint density at radius 1 is 1.42 bits per heavy atom. The van der Waals surface area contributed by atoms with Gasteiger partial charge in [-0.15, -0.1) is 0 Å². The highest BCUT2D eigenvalue weighted by molar-refractivity contribution is 5.17. The van der Waals surface area contributed by atoms with Crippen molar-refractivity contribution in [3.05, 3.63) is 29.3 Å². The van der Waals surface area contributed by atoms with Crippen LogP contribution < -0.4 is 0 Å². The van der Waals surface area contributed by atoms with Crippen LogP contribution in [0.15, 0.2) is 12.1 Å². The fraction of sp³-hybridized carbons (Fsp3) is 0.286. The first-order chi connectivity index (χ1) is 5.63. The minimum absolute atomic E-state index is 0.0923. The molecule has 1 heterocycles. The maximum absolute atomic E-state index is 12.4. The van der Waals surface area contributed by atoms with Crippen molar-refractivity contribution in [3.8, 4) is 0 Å². The lowest BCUT2D eigenvalue weighted by Crippen LogP contribution is -1.96. The number of halogens is 3. The molecule has 0 radical (unpaired) electrons. The zero-order valence-corrected chi connectivity index (χ0v) is 5.97. The quantitative estimate of drug-likeness (QED) is 0.696. The van der Waals surface area contributed by atoms with Crippen molar-refractivity contribution in [2.45, 2.75) is 13.0 Å². The molecule has 0 fully saturated rings. The molecule has 0 aliphatic carbocycles. The molecule has 0 saturated carbocycles. The van der Waals surface area contributed by atoms with Crippen LogP contribution in [0.25, 0.3) is 0 Å². The number of rotatable bonds is 2. The molecule has 12 heavy (non-hydrogen) atoms. The molecule has 66 valence electrons. The molecular formula is C7H6F3NO. The van der Waals surface area contributed by atoms with E-state index in [1.165, 1.54) is 0 Å². The van der Waals surface area contributed by atoms with Crippen molar-refractivity contribution in [1.29, 1.82) is 0 Å². The van der Waals surface area contributed by atoms with E-state index in [0.29, 0.717) is 6.07 Å². The van der Waals surface area contributed by atoms with Gasteiger partial charge in [-0.2, -0.15) is 4.39 Å². The van der Waals surface area contributed by atoms with E-state index < -0.39 is 24.5 Å². The van der Waals surface area contributed by atoms with Gasteiger partial charge in [0.1, 0.15) is 0 Å². The van der Waals surface area contributed by atoms with Crippen molar-refractivity contribution in [1.82, 2.24) is 4.98 Å². The molecule has 1 rings (SSSR count). The first-order valence-electron chi connectivity index (χ1n) is 3.19. The fourth-order valence-corrected chi connectivity index (χ4v) is 0.780. The van der Waals surface area contributed by atoms with Gasteiger partial charge in [0.15, 0.2) is 0 Å². The van der Waals surface area contributed by atoms with Crippen molar-refractivity contribution < 1.29 is 18.3 Å². The van der Waals surface area contributed by atoms with Gasteiger partial charge in [-0.3, -0.25) is 0 Å². The molecule has 1 aromatic heterocycles. The van der Waals surface area contributed by atoms with E-state index in [-0.39, 0.29) is 5.69 Å². The minimum Gasteiger partial charge on any atom is -0.390 e. The second kappa shape index (κ2) is 3.53. The average molecular weight is 177 g/mol. The van der Waals surface area contributed by atoms with Crippen LogP contribution in [0.5, 0.6) is 0 Å². The van der Waals surface area contributed by atoms with E-state index in [1.807, 2.05) is 0 Å². The molecule has 0 atom stereocenters. The molecular weight excluding hydrogens is 171 g/mol. The van der Waals surface area contributed by atoms with Gasteiger partial charge in [0.05, 0.1) is 12.3 Å². The summed E-state index contributed by atoms with van der Waals surface area (Å²) in [6.07, 6.45) is -2.74. The Kier molecular flexibility index (Phi) is 2.65. The molecule has 1 N–H and O–H groups in total. The monoisotopic (exact) mass is 177 g/mol. The summed E-state index contributed by atoms with van der Waals surface area (Å²) >= 11 is 0. The zero-order valence-electron chi connectivity index (χ0n) is 5.97. The summed E-state index contributed by atoms with van der Waals surface area (Å²) < 4.78 is 36.4. The Bertz CT molecular complexity index is 277. The summed E-state index contributed by atoms with van der Waals surface area (Å²) in [4.78, 5) is 3.18. The number of aromatic nitrogens is 1. The molecule has 0 aromatic carbocycles. The van der Waals surface area contributed by atoms with Gasteiger partial charge in [0.25, 0.3) is 6.43 Å². The van der Waals surface area contributed by atoms with Gasteiger partial charge in [-0.25, -0.2) is 13.8 Å². The lowest BCUT2D eigenvalue weighted by atomic mass is 10.2. The number of aliphatic hydroxyl groups is 1. The SMILES string of the molecule is OCc1cc(C(F)F)cc(F)n1. The fourth-order valence-electron chi connectivity index (χ4n) is 0.780. The number of nitrogens with zero attached hydrogens (tertiary/aromatic N) is 1. The molecule has 0 spiro atoms. The molecule has 2 nitrogen and oxygen atoms in total. The number of aliphatic hydroxyl groups excluding tert-OH is 1. The van der Waals surface area contributed by atoms with Gasteiger partial charge in [-0.05, 0) is 6.07 Å². The summed E-state index contributed by atoms with van der Waals surface area (Å²) in [5.74, 6) is -1.00. The van der Waals surface area contributed by atoms with Crippen molar-refractivity contribution in [3.63, 3.8) is 0 Å². The smallest absolute Gasteiger partial charge is 0.264 e. The highest BCUT2D eigenvalue weighted by Gasteiger charge is 2.10. The van der Waals surface area contributed by atoms with Gasteiger partial charge in [0.2, 0.25) is 5.95 Å². The second-order valence-electron chi connectivity index (χ2n) is 2.17. The van der Waals surface area contributed by atoms with Crippen molar-refractivity contribution in [2.75, 3.05) is 0 Å². The molecule has 0 aliphatic heterocycles. The lowest BCUT2D eigenvalue weighted by Gasteiger charge is -2.01. The number of alkyl halides is 2. The zero-order chi connectivity index (χ0) is 9.14. The Balaban J connectivity index is 3.06. The summed E-state index contributed by atoms with van der Waals surface area (Å²) in [6.45, 7) is -0.544. The summed E-state index contributed by atoms with van der Waals surface area (Å²) in [5.41, 5.74) is -0.558. The van der Waals surface area contributed by atoms with Crippen molar-refractivity contribution >= 4 is 0 Å². The standard InChI is InChI=1S/C7H6F3NO/c8-6-2-4(7(9)10)1-5(3-12)11-6/h1-2,7,12H,3H2. The van der Waals surface area contributed by atoms with Crippen LogP contribution in [0.4, 0.5) is 13.2 Å². The van der Waals surface area contributed by atoms with Crippen LogP contribution in [-0.4, -0.2) is 10.1 Å². The molecule has 0 saturated heterocycles. The third kappa shape index (κ3) is 1.94. The van der Waals surface area contributed by atoms with E-state index in [1.54, 1.807) is 0 Å². The van der Waals surface area contributed by atoms with Gasteiger partial charge >= 0.3 is 0 Å². The summed E-state index contributed by atoms with van der Waals surface area (Å²) in [5, 5.41) is 8.49. The molecule has 5 heteroatoms. The van der Waals surface area contributed by atoms with Gasteiger partial charge in [0, 0.05) is 11.6 Å². The Morgan fingerprint density at radius 2 is 2.08 bits per heavy atom. The molecule has 0 amide bonds. The first kappa shape index (κ1) is 8.99. The maximum Gasteiger partial charge on any atom is 0.264 e. The average Bonchev–Trinajstić information content (AvgIpc) is 2.03. The van der Waals surface area contributed by atoms with Gasteiger partial charge < -0.3 is 5.11 Å². The van der Waals surface area contributed by atoms with E-state index in [0.717, 1.165) is 6.07 Å². The number of hydrogen-bond acceptors (Lipinski definition) is 2. The van der Waals surface area contributed by atoms with E-state index in [9.17, 15) is 13.2 Å². The number of pyridine rings is 1. The topological polar surface area (TPSA) is 33.1 Å². The van der Waals surface area contributed by atoms with Crippen LogP contribution in [0, 0.1) is 5.95 Å². The summed E-state index contributed by atoms with van der Waals surface area (Å²) in [7, 11) is 0. The van der Waals surface area contributed by atoms with E-state index in [2.05, 4.69) is 4.98 Å². The second-order valence-corrected chi connectivity index (χ2v) is 2.17. The maximum atomic E-state index is 12.4. The highest BCUT2D eigenvalue weighted by Crippen LogP contribution is 2.19. The first-order valence-corrected chi connectivity index (χ1v) is 3.19. The Morgan fingerprint density at radius 3 is 2.58 bits per heavy atom. The molecule has 0 aliphatic rings. The van der Waals surface area contributed by atoms with Crippen molar-refractivity contribution in [2.24, 2.45) is 0 Å². The normalized spacial score (nSPS) is 10.8. The lowest BCUT2D eigenvalue weighted by molar-refractivity contribution is 0.150. The van der Waals surface area contributed by atoms with Crippen LogP contribution in [0.3, 0.4) is 0 Å². The van der Waals surface area contributed by atoms with E-state index in [4.69, 9.17) is 5.11 Å². The largest absolute Gasteiger partial charge is 0.390 e. The predicted molar refractivity (Wildman–Crippen MR) is 35.1 cm³/mol. The number of hydrogen-bond donors (Lipinski definition) is 1. The molecule has 0 bridgehead atoms. The van der Waals surface area contributed by atoms with Crippen LogP contribution >= 0.6 is 0 Å². The molecule has 1 aromatic rings. The molecule has 0 unspecified atom stereocenters. The third-order valence-electron chi connectivity index (χ3n) is 1.28. The van der Waals surface area contributed by atoms with Crippen LogP contribution in [0.1, 0.15) is 17.7 Å². The van der Waals surface area contributed by atoms with Crippen LogP contribution in [-0.2, 0) is 6.61 Å². The minimum atomic E-state index is -2.74. The van der Waals surface area contributed by atoms with Gasteiger partial charge in [-0.1, -0.05) is 0 Å². The highest BCUT2D eigenvalue weighted by atomic mass is 19.3. The predicted octanol–water partition coefficient (Wildman–Crippen LogP) is 1.65. The summed E-state index contributed by atoms with van der Waals surface area (Å²) in [6, 6.07) is 1.61. The van der Waals surface area contributed by atoms with Crippen LogP contribution in [0.2, 0.25) is 0 Å². The third-order valence-corrected chi connectivity index (χ3v) is 1.28.